The Morgan fingerprint density at radius 1 is 1.10 bits per heavy atom. The fourth-order valence-electron chi connectivity index (χ4n) is 3.09. The van der Waals surface area contributed by atoms with Crippen LogP contribution < -0.4 is 4.90 Å². The van der Waals surface area contributed by atoms with Crippen molar-refractivity contribution in [3.63, 3.8) is 0 Å². The first-order chi connectivity index (χ1) is 10.2. The molecule has 0 saturated heterocycles. The summed E-state index contributed by atoms with van der Waals surface area (Å²) >= 11 is 0. The van der Waals surface area contributed by atoms with Gasteiger partial charge in [0.15, 0.2) is 0 Å². The lowest BCUT2D eigenvalue weighted by atomic mass is 10.0. The van der Waals surface area contributed by atoms with E-state index in [1.807, 2.05) is 6.07 Å². The number of rotatable bonds is 2. The number of fused-ring (bicyclic) bond motifs is 1. The van der Waals surface area contributed by atoms with E-state index in [1.54, 1.807) is 19.1 Å². The summed E-state index contributed by atoms with van der Waals surface area (Å²) < 4.78 is 14.4. The minimum absolute atomic E-state index is 0.257. The second-order valence-corrected chi connectivity index (χ2v) is 5.65. The second-order valence-electron chi connectivity index (χ2n) is 5.65. The molecule has 0 spiro atoms. The van der Waals surface area contributed by atoms with Crippen LogP contribution in [0.5, 0.6) is 0 Å². The van der Waals surface area contributed by atoms with Crippen molar-refractivity contribution in [2.24, 2.45) is 0 Å². The smallest absolute Gasteiger partial charge is 0.146 e. The summed E-state index contributed by atoms with van der Waals surface area (Å²) in [6, 6.07) is 13.3. The van der Waals surface area contributed by atoms with Crippen LogP contribution in [0.3, 0.4) is 0 Å². The molecular formula is C18H20FNO. The molecule has 3 heteroatoms. The average molecular weight is 285 g/mol. The van der Waals surface area contributed by atoms with Gasteiger partial charge in [-0.3, -0.25) is 0 Å². The molecule has 1 aliphatic rings. The van der Waals surface area contributed by atoms with Crippen LogP contribution in [0.1, 0.15) is 36.1 Å². The van der Waals surface area contributed by atoms with Crippen LogP contribution in [-0.4, -0.2) is 11.7 Å². The topological polar surface area (TPSA) is 23.5 Å². The van der Waals surface area contributed by atoms with Crippen LogP contribution in [0.15, 0.2) is 42.5 Å². The Bertz CT molecular complexity index is 639. The van der Waals surface area contributed by atoms with E-state index in [-0.39, 0.29) is 5.82 Å². The molecule has 0 amide bonds. The van der Waals surface area contributed by atoms with Crippen LogP contribution in [-0.2, 0) is 13.0 Å². The molecule has 0 radical (unpaired) electrons. The maximum Gasteiger partial charge on any atom is 0.146 e. The van der Waals surface area contributed by atoms with Gasteiger partial charge in [0.05, 0.1) is 11.8 Å². The van der Waals surface area contributed by atoms with Crippen molar-refractivity contribution in [3.05, 3.63) is 65.0 Å². The molecule has 1 atom stereocenters. The number of nitrogens with zero attached hydrogens (tertiary/aromatic N) is 1. The highest BCUT2D eigenvalue weighted by Gasteiger charge is 2.21. The van der Waals surface area contributed by atoms with Crippen LogP contribution in [0, 0.1) is 5.82 Å². The van der Waals surface area contributed by atoms with E-state index >= 15 is 0 Å². The van der Waals surface area contributed by atoms with Crippen LogP contribution in [0.2, 0.25) is 0 Å². The van der Waals surface area contributed by atoms with E-state index in [0.717, 1.165) is 19.4 Å². The lowest BCUT2D eigenvalue weighted by Gasteiger charge is -2.27. The molecule has 0 fully saturated rings. The van der Waals surface area contributed by atoms with Gasteiger partial charge >= 0.3 is 0 Å². The zero-order valence-electron chi connectivity index (χ0n) is 12.2. The summed E-state index contributed by atoms with van der Waals surface area (Å²) in [7, 11) is 0. The SMILES string of the molecule is C[C@H](O)c1cccc(F)c1N1CCCc2ccccc2C1. The normalized spacial score (nSPS) is 16.2. The van der Waals surface area contributed by atoms with Gasteiger partial charge < -0.3 is 10.0 Å². The van der Waals surface area contributed by atoms with Gasteiger partial charge in [-0.05, 0) is 37.0 Å². The van der Waals surface area contributed by atoms with E-state index in [9.17, 15) is 9.50 Å². The predicted molar refractivity (Wildman–Crippen MR) is 82.8 cm³/mol. The minimum Gasteiger partial charge on any atom is -0.389 e. The molecule has 0 aromatic heterocycles. The average Bonchev–Trinajstić information content (AvgIpc) is 2.68. The number of aliphatic hydroxyl groups excluding tert-OH is 1. The molecule has 0 unspecified atom stereocenters. The zero-order valence-corrected chi connectivity index (χ0v) is 12.2. The lowest BCUT2D eigenvalue weighted by Crippen LogP contribution is -2.25. The number of aliphatic hydroxyl groups is 1. The van der Waals surface area contributed by atoms with Gasteiger partial charge in [0, 0.05) is 18.7 Å². The highest BCUT2D eigenvalue weighted by Crippen LogP contribution is 2.32. The lowest BCUT2D eigenvalue weighted by molar-refractivity contribution is 0.199. The maximum absolute atomic E-state index is 14.4. The Morgan fingerprint density at radius 3 is 2.62 bits per heavy atom. The Kier molecular flexibility index (Phi) is 3.93. The summed E-state index contributed by atoms with van der Waals surface area (Å²) in [4.78, 5) is 2.06. The Labute approximate surface area is 124 Å². The Morgan fingerprint density at radius 2 is 1.86 bits per heavy atom. The fourth-order valence-corrected chi connectivity index (χ4v) is 3.09. The molecule has 21 heavy (non-hydrogen) atoms. The van der Waals surface area contributed by atoms with Crippen molar-refractivity contribution >= 4 is 5.69 Å². The second kappa shape index (κ2) is 5.86. The van der Waals surface area contributed by atoms with Gasteiger partial charge in [-0.25, -0.2) is 4.39 Å². The van der Waals surface area contributed by atoms with Crippen molar-refractivity contribution in [1.82, 2.24) is 0 Å². The number of hydrogen-bond donors (Lipinski definition) is 1. The van der Waals surface area contributed by atoms with Gasteiger partial charge in [0.2, 0.25) is 0 Å². The molecule has 2 nitrogen and oxygen atoms in total. The van der Waals surface area contributed by atoms with E-state index in [1.165, 1.54) is 17.2 Å². The van der Waals surface area contributed by atoms with Gasteiger partial charge in [0.1, 0.15) is 5.82 Å². The monoisotopic (exact) mass is 285 g/mol. The Balaban J connectivity index is 2.02. The first-order valence-electron chi connectivity index (χ1n) is 7.45. The molecular weight excluding hydrogens is 265 g/mol. The highest BCUT2D eigenvalue weighted by atomic mass is 19.1. The first kappa shape index (κ1) is 14.1. The molecule has 1 N–H and O–H groups in total. The highest BCUT2D eigenvalue weighted by molar-refractivity contribution is 5.56. The predicted octanol–water partition coefficient (Wildman–Crippen LogP) is 3.83. The van der Waals surface area contributed by atoms with Crippen molar-refractivity contribution in [1.29, 1.82) is 0 Å². The summed E-state index contributed by atoms with van der Waals surface area (Å²) in [6.45, 7) is 3.18. The van der Waals surface area contributed by atoms with Gasteiger partial charge in [-0.15, -0.1) is 0 Å². The molecule has 3 rings (SSSR count). The molecule has 0 saturated carbocycles. The van der Waals surface area contributed by atoms with Gasteiger partial charge in [0.25, 0.3) is 0 Å². The van der Waals surface area contributed by atoms with Crippen LogP contribution >= 0.6 is 0 Å². The number of aryl methyl sites for hydroxylation is 1. The third-order valence-electron chi connectivity index (χ3n) is 4.14. The zero-order chi connectivity index (χ0) is 14.8. The van der Waals surface area contributed by atoms with Crippen molar-refractivity contribution in [3.8, 4) is 0 Å². The maximum atomic E-state index is 14.4. The number of anilines is 1. The van der Waals surface area contributed by atoms with E-state index in [4.69, 9.17) is 0 Å². The Hall–Kier alpha value is -1.87. The van der Waals surface area contributed by atoms with Crippen LogP contribution in [0.4, 0.5) is 10.1 Å². The van der Waals surface area contributed by atoms with Crippen LogP contribution in [0.25, 0.3) is 0 Å². The van der Waals surface area contributed by atoms with Crippen molar-refractivity contribution in [2.75, 3.05) is 11.4 Å². The number of para-hydroxylation sites is 1. The third kappa shape index (κ3) is 2.79. The molecule has 2 aromatic rings. The summed E-state index contributed by atoms with van der Waals surface area (Å²) in [5.74, 6) is -0.257. The molecule has 0 aliphatic carbocycles. The molecule has 1 aliphatic heterocycles. The number of hydrogen-bond acceptors (Lipinski definition) is 2. The van der Waals surface area contributed by atoms with Crippen molar-refractivity contribution in [2.45, 2.75) is 32.4 Å². The molecule has 2 aromatic carbocycles. The van der Waals surface area contributed by atoms with Gasteiger partial charge in [-0.2, -0.15) is 0 Å². The molecule has 1 heterocycles. The first-order valence-corrected chi connectivity index (χ1v) is 7.45. The minimum atomic E-state index is -0.672. The fraction of sp³-hybridized carbons (Fsp3) is 0.333. The van der Waals surface area contributed by atoms with E-state index in [0.29, 0.717) is 17.8 Å². The third-order valence-corrected chi connectivity index (χ3v) is 4.14. The quantitative estimate of drug-likeness (QED) is 0.906. The largest absolute Gasteiger partial charge is 0.389 e. The van der Waals surface area contributed by atoms with E-state index in [2.05, 4.69) is 23.1 Å². The summed E-state index contributed by atoms with van der Waals surface area (Å²) in [6.07, 6.45) is 1.34. The molecule has 0 bridgehead atoms. The number of halogens is 1. The van der Waals surface area contributed by atoms with E-state index < -0.39 is 6.10 Å². The van der Waals surface area contributed by atoms with Gasteiger partial charge in [-0.1, -0.05) is 36.4 Å². The summed E-state index contributed by atoms with van der Waals surface area (Å²) in [5.41, 5.74) is 3.79. The number of benzene rings is 2. The standard InChI is InChI=1S/C18H20FNO/c1-13(21)16-9-4-10-17(19)18(16)20-11-5-8-14-6-2-3-7-15(14)12-20/h2-4,6-7,9-10,13,21H,5,8,11-12H2,1H3/t13-/m0/s1. The molecule has 110 valence electrons. The van der Waals surface area contributed by atoms with Crippen molar-refractivity contribution < 1.29 is 9.50 Å². The summed E-state index contributed by atoms with van der Waals surface area (Å²) in [5, 5.41) is 9.93.